The van der Waals surface area contributed by atoms with Gasteiger partial charge in [0.05, 0.1) is 17.7 Å². The highest BCUT2D eigenvalue weighted by molar-refractivity contribution is 6.04. The normalized spacial score (nSPS) is 23.1. The summed E-state index contributed by atoms with van der Waals surface area (Å²) >= 11 is 0. The number of hydrogen-bond acceptors (Lipinski definition) is 4. The van der Waals surface area contributed by atoms with E-state index in [4.69, 9.17) is 9.94 Å². The Hall–Kier alpha value is -1.92. The average Bonchev–Trinajstić information content (AvgIpc) is 2.68. The number of carbonyl (C=O) groups is 2. The Bertz CT molecular complexity index is 497. The lowest BCUT2D eigenvalue weighted by Crippen LogP contribution is -2.34. The van der Waals surface area contributed by atoms with Gasteiger partial charge in [0.2, 0.25) is 0 Å². The lowest BCUT2D eigenvalue weighted by atomic mass is 10.1. The third-order valence-corrected chi connectivity index (χ3v) is 2.63. The Morgan fingerprint density at radius 1 is 1.33 bits per heavy atom. The van der Waals surface area contributed by atoms with E-state index in [1.165, 1.54) is 12.1 Å². The molecule has 6 nitrogen and oxygen atoms in total. The summed E-state index contributed by atoms with van der Waals surface area (Å²) in [7, 11) is 0. The molecule has 1 amide bonds. The van der Waals surface area contributed by atoms with E-state index in [9.17, 15) is 14.7 Å². The highest BCUT2D eigenvalue weighted by Gasteiger charge is 2.37. The standard InChI is InChI=1S/C12H13NO5/c1-12(17)6-13(18-7-12)10(14)8-4-2-3-5-9(8)11(15)16/h2-5,17H,6-7H2,1H3,(H,15,16). The van der Waals surface area contributed by atoms with Gasteiger partial charge in [0.15, 0.2) is 0 Å². The Balaban J connectivity index is 2.27. The molecule has 1 saturated heterocycles. The first kappa shape index (κ1) is 12.5. The maximum absolute atomic E-state index is 12.1. The van der Waals surface area contributed by atoms with E-state index in [2.05, 4.69) is 0 Å². The molecule has 96 valence electrons. The van der Waals surface area contributed by atoms with Crippen molar-refractivity contribution in [3.8, 4) is 0 Å². The molecule has 1 aliphatic heterocycles. The van der Waals surface area contributed by atoms with Crippen LogP contribution in [0.25, 0.3) is 0 Å². The minimum Gasteiger partial charge on any atom is -0.478 e. The highest BCUT2D eigenvalue weighted by atomic mass is 16.7. The third kappa shape index (κ3) is 2.34. The zero-order valence-corrected chi connectivity index (χ0v) is 9.79. The molecule has 0 aromatic heterocycles. The minimum absolute atomic E-state index is 0.00792. The minimum atomic E-state index is -1.18. The van der Waals surface area contributed by atoms with Crippen molar-refractivity contribution in [2.75, 3.05) is 13.2 Å². The molecule has 1 heterocycles. The van der Waals surface area contributed by atoms with E-state index in [-0.39, 0.29) is 24.3 Å². The number of β-amino-alcohol motifs (C(OH)–C–C–N with tert-alkyl or cyclic N) is 1. The summed E-state index contributed by atoms with van der Waals surface area (Å²) in [6.45, 7) is 1.57. The molecule has 0 saturated carbocycles. The summed E-state index contributed by atoms with van der Waals surface area (Å²) in [6, 6.07) is 5.89. The van der Waals surface area contributed by atoms with Gasteiger partial charge in [0.1, 0.15) is 12.2 Å². The molecule has 1 aromatic rings. The van der Waals surface area contributed by atoms with Crippen molar-refractivity contribution >= 4 is 11.9 Å². The van der Waals surface area contributed by atoms with Crippen LogP contribution >= 0.6 is 0 Å². The molecular weight excluding hydrogens is 238 g/mol. The van der Waals surface area contributed by atoms with Crippen LogP contribution < -0.4 is 0 Å². The number of amides is 1. The van der Waals surface area contributed by atoms with Gasteiger partial charge in [-0.1, -0.05) is 12.1 Å². The molecule has 1 fully saturated rings. The van der Waals surface area contributed by atoms with Gasteiger partial charge in [-0.2, -0.15) is 0 Å². The highest BCUT2D eigenvalue weighted by Crippen LogP contribution is 2.20. The average molecular weight is 251 g/mol. The summed E-state index contributed by atoms with van der Waals surface area (Å²) in [5, 5.41) is 19.7. The molecule has 6 heteroatoms. The Morgan fingerprint density at radius 3 is 2.44 bits per heavy atom. The fourth-order valence-electron chi connectivity index (χ4n) is 1.74. The van der Waals surface area contributed by atoms with Gasteiger partial charge >= 0.3 is 5.97 Å². The molecular formula is C12H13NO5. The topological polar surface area (TPSA) is 87.1 Å². The molecule has 0 aliphatic carbocycles. The summed E-state index contributed by atoms with van der Waals surface area (Å²) in [5.74, 6) is -1.74. The van der Waals surface area contributed by atoms with Gasteiger partial charge in [0.25, 0.3) is 5.91 Å². The van der Waals surface area contributed by atoms with Crippen LogP contribution in [0.1, 0.15) is 27.6 Å². The van der Waals surface area contributed by atoms with Crippen molar-refractivity contribution in [3.05, 3.63) is 35.4 Å². The molecule has 2 rings (SSSR count). The third-order valence-electron chi connectivity index (χ3n) is 2.63. The van der Waals surface area contributed by atoms with Crippen LogP contribution in [-0.4, -0.2) is 45.9 Å². The van der Waals surface area contributed by atoms with Crippen molar-refractivity contribution in [2.45, 2.75) is 12.5 Å². The Labute approximate surface area is 103 Å². The SMILES string of the molecule is CC1(O)CON(C(=O)c2ccccc2C(=O)O)C1. The second kappa shape index (κ2) is 4.40. The molecule has 1 atom stereocenters. The lowest BCUT2D eigenvalue weighted by molar-refractivity contribution is -0.0798. The molecule has 0 bridgehead atoms. The van der Waals surface area contributed by atoms with E-state index < -0.39 is 17.5 Å². The molecule has 0 spiro atoms. The van der Waals surface area contributed by atoms with Crippen LogP contribution in [0.3, 0.4) is 0 Å². The summed E-state index contributed by atoms with van der Waals surface area (Å²) in [6.07, 6.45) is 0. The number of aromatic carboxylic acids is 1. The summed E-state index contributed by atoms with van der Waals surface area (Å²) in [5.41, 5.74) is -1.14. The first-order valence-electron chi connectivity index (χ1n) is 5.40. The van der Waals surface area contributed by atoms with Crippen molar-refractivity contribution in [1.29, 1.82) is 0 Å². The predicted octanol–water partition coefficient (Wildman–Crippen LogP) is 0.523. The number of hydrogen-bond donors (Lipinski definition) is 2. The summed E-state index contributed by atoms with van der Waals surface area (Å²) < 4.78 is 0. The largest absolute Gasteiger partial charge is 0.478 e. The molecule has 0 radical (unpaired) electrons. The fraction of sp³-hybridized carbons (Fsp3) is 0.333. The number of carbonyl (C=O) groups excluding carboxylic acids is 1. The van der Waals surface area contributed by atoms with E-state index in [0.29, 0.717) is 0 Å². The smallest absolute Gasteiger partial charge is 0.336 e. The zero-order valence-electron chi connectivity index (χ0n) is 9.79. The number of carboxylic acid groups (broad SMARTS) is 1. The van der Waals surface area contributed by atoms with E-state index in [0.717, 1.165) is 5.06 Å². The molecule has 1 unspecified atom stereocenters. The second-order valence-corrected chi connectivity index (χ2v) is 4.46. The van der Waals surface area contributed by atoms with E-state index in [1.807, 2.05) is 0 Å². The molecule has 18 heavy (non-hydrogen) atoms. The number of hydroxylamine groups is 2. The van der Waals surface area contributed by atoms with Crippen LogP contribution in [0.4, 0.5) is 0 Å². The van der Waals surface area contributed by atoms with Crippen LogP contribution in [0, 0.1) is 0 Å². The van der Waals surface area contributed by atoms with Gasteiger partial charge in [-0.15, -0.1) is 0 Å². The quantitative estimate of drug-likeness (QED) is 0.800. The Kier molecular flexibility index (Phi) is 3.06. The monoisotopic (exact) mass is 251 g/mol. The predicted molar refractivity (Wildman–Crippen MR) is 61.0 cm³/mol. The van der Waals surface area contributed by atoms with Gasteiger partial charge in [-0.05, 0) is 19.1 Å². The number of rotatable bonds is 2. The molecule has 1 aromatic carbocycles. The first-order chi connectivity index (χ1) is 8.41. The maximum atomic E-state index is 12.1. The van der Waals surface area contributed by atoms with Gasteiger partial charge < -0.3 is 10.2 Å². The number of nitrogens with zero attached hydrogens (tertiary/aromatic N) is 1. The molecule has 1 aliphatic rings. The summed E-state index contributed by atoms with van der Waals surface area (Å²) in [4.78, 5) is 28.2. The fourth-order valence-corrected chi connectivity index (χ4v) is 1.74. The van der Waals surface area contributed by atoms with Crippen molar-refractivity contribution in [1.82, 2.24) is 5.06 Å². The van der Waals surface area contributed by atoms with E-state index >= 15 is 0 Å². The first-order valence-corrected chi connectivity index (χ1v) is 5.40. The zero-order chi connectivity index (χ0) is 13.3. The number of benzene rings is 1. The van der Waals surface area contributed by atoms with Crippen LogP contribution in [0.5, 0.6) is 0 Å². The van der Waals surface area contributed by atoms with E-state index in [1.54, 1.807) is 19.1 Å². The maximum Gasteiger partial charge on any atom is 0.336 e. The van der Waals surface area contributed by atoms with Crippen LogP contribution in [0.2, 0.25) is 0 Å². The van der Waals surface area contributed by atoms with Crippen molar-refractivity contribution in [2.24, 2.45) is 0 Å². The van der Waals surface area contributed by atoms with Gasteiger partial charge in [-0.25, -0.2) is 9.86 Å². The van der Waals surface area contributed by atoms with Crippen LogP contribution in [-0.2, 0) is 4.84 Å². The van der Waals surface area contributed by atoms with Gasteiger partial charge in [0, 0.05) is 0 Å². The Morgan fingerprint density at radius 2 is 1.94 bits per heavy atom. The van der Waals surface area contributed by atoms with Crippen molar-refractivity contribution in [3.63, 3.8) is 0 Å². The van der Waals surface area contributed by atoms with Crippen molar-refractivity contribution < 1.29 is 24.6 Å². The van der Waals surface area contributed by atoms with Gasteiger partial charge in [-0.3, -0.25) is 9.63 Å². The molecule has 2 N–H and O–H groups in total. The lowest BCUT2D eigenvalue weighted by Gasteiger charge is -2.16. The second-order valence-electron chi connectivity index (χ2n) is 4.46. The number of carboxylic acids is 1. The van der Waals surface area contributed by atoms with Crippen LogP contribution in [0.15, 0.2) is 24.3 Å². The number of aliphatic hydroxyl groups is 1.